The normalized spacial score (nSPS) is 22.3. The molecule has 4 nitrogen and oxygen atoms in total. The first-order chi connectivity index (χ1) is 16.1. The van der Waals surface area contributed by atoms with Gasteiger partial charge in [0, 0.05) is 23.8 Å². The van der Waals surface area contributed by atoms with Gasteiger partial charge in [-0.05, 0) is 80.2 Å². The lowest BCUT2D eigenvalue weighted by Gasteiger charge is -2.44. The molecular formula is C30H42N2O2. The van der Waals surface area contributed by atoms with E-state index in [0.717, 1.165) is 36.9 Å². The largest absolute Gasteiger partial charge is 0.335 e. The number of hydrogen-bond acceptors (Lipinski definition) is 2. The summed E-state index contributed by atoms with van der Waals surface area (Å²) in [5.74, 6) is 0.214. The van der Waals surface area contributed by atoms with Gasteiger partial charge in [0.25, 0.3) is 5.91 Å². The number of nitrogens with one attached hydrogen (secondary N) is 1. The Morgan fingerprint density at radius 3 is 2.44 bits per heavy atom. The molecule has 4 heteroatoms. The van der Waals surface area contributed by atoms with E-state index < -0.39 is 0 Å². The third kappa shape index (κ3) is 6.08. The highest BCUT2D eigenvalue weighted by Gasteiger charge is 2.44. The van der Waals surface area contributed by atoms with Crippen molar-refractivity contribution in [2.75, 3.05) is 11.9 Å². The number of benzene rings is 1. The molecule has 1 aromatic rings. The van der Waals surface area contributed by atoms with Gasteiger partial charge in [0.1, 0.15) is 0 Å². The van der Waals surface area contributed by atoms with E-state index in [1.54, 1.807) is 0 Å². The van der Waals surface area contributed by atoms with Gasteiger partial charge in [-0.25, -0.2) is 0 Å². The molecule has 1 aliphatic carbocycles. The van der Waals surface area contributed by atoms with Gasteiger partial charge in [-0.2, -0.15) is 0 Å². The molecule has 0 bridgehead atoms. The van der Waals surface area contributed by atoms with Gasteiger partial charge in [0.05, 0.1) is 5.92 Å². The van der Waals surface area contributed by atoms with Crippen LogP contribution in [0.1, 0.15) is 78.7 Å². The van der Waals surface area contributed by atoms with Gasteiger partial charge in [-0.15, -0.1) is 0 Å². The molecule has 1 heterocycles. The van der Waals surface area contributed by atoms with Gasteiger partial charge in [0.2, 0.25) is 5.91 Å². The Morgan fingerprint density at radius 2 is 1.82 bits per heavy atom. The minimum absolute atomic E-state index is 0.00901. The molecule has 1 aromatic carbocycles. The predicted molar refractivity (Wildman–Crippen MR) is 142 cm³/mol. The van der Waals surface area contributed by atoms with Crippen LogP contribution in [0.3, 0.4) is 0 Å². The molecule has 1 saturated carbocycles. The van der Waals surface area contributed by atoms with Crippen molar-refractivity contribution in [3.63, 3.8) is 0 Å². The van der Waals surface area contributed by atoms with Crippen LogP contribution in [-0.2, 0) is 15.0 Å². The molecule has 3 rings (SSSR count). The van der Waals surface area contributed by atoms with Crippen molar-refractivity contribution in [3.8, 4) is 0 Å². The first-order valence-corrected chi connectivity index (χ1v) is 12.8. The summed E-state index contributed by atoms with van der Waals surface area (Å²) < 4.78 is 0. The third-order valence-electron chi connectivity index (χ3n) is 7.31. The lowest BCUT2D eigenvalue weighted by molar-refractivity contribution is -0.137. The number of rotatable bonds is 6. The smallest absolute Gasteiger partial charge is 0.254 e. The van der Waals surface area contributed by atoms with Gasteiger partial charge in [0.15, 0.2) is 0 Å². The van der Waals surface area contributed by atoms with E-state index >= 15 is 0 Å². The summed E-state index contributed by atoms with van der Waals surface area (Å²) in [5.41, 5.74) is 3.44. The summed E-state index contributed by atoms with van der Waals surface area (Å²) in [6.07, 6.45) is 11.8. The Hall–Kier alpha value is -2.62. The Kier molecular flexibility index (Phi) is 8.57. The number of anilines is 1. The topological polar surface area (TPSA) is 49.4 Å². The maximum Gasteiger partial charge on any atom is 0.254 e. The monoisotopic (exact) mass is 462 g/mol. The number of carbonyl (C=O) groups is 2. The molecule has 0 unspecified atom stereocenters. The molecule has 0 aromatic heterocycles. The van der Waals surface area contributed by atoms with Crippen LogP contribution in [0, 0.1) is 11.8 Å². The fraction of sp³-hybridized carbons (Fsp3) is 0.533. The number of carbonyl (C=O) groups excluding carboxylic acids is 2. The molecule has 0 radical (unpaired) electrons. The van der Waals surface area contributed by atoms with Gasteiger partial charge >= 0.3 is 0 Å². The average Bonchev–Trinajstić information content (AvgIpc) is 3.32. The quantitative estimate of drug-likeness (QED) is 0.373. The number of nitrogens with zero attached hydrogens (tertiary/aromatic N) is 1. The van der Waals surface area contributed by atoms with Crippen LogP contribution >= 0.6 is 0 Å². The van der Waals surface area contributed by atoms with Crippen LogP contribution in [0.25, 0.3) is 0 Å². The molecule has 34 heavy (non-hydrogen) atoms. The summed E-state index contributed by atoms with van der Waals surface area (Å²) in [4.78, 5) is 29.4. The van der Waals surface area contributed by atoms with Crippen molar-refractivity contribution >= 4 is 17.5 Å². The molecule has 2 atom stereocenters. The van der Waals surface area contributed by atoms with Crippen molar-refractivity contribution in [1.29, 1.82) is 0 Å². The number of hydrogen-bond donors (Lipinski definition) is 1. The Morgan fingerprint density at radius 1 is 1.12 bits per heavy atom. The Balaban J connectivity index is 1.89. The zero-order chi connectivity index (χ0) is 24.9. The highest BCUT2D eigenvalue weighted by Crippen LogP contribution is 2.39. The van der Waals surface area contributed by atoms with Gasteiger partial charge in [-0.1, -0.05) is 64.5 Å². The molecule has 1 aliphatic heterocycles. The van der Waals surface area contributed by atoms with Crippen molar-refractivity contribution in [3.05, 3.63) is 65.8 Å². The number of amides is 2. The molecule has 184 valence electrons. The summed E-state index contributed by atoms with van der Waals surface area (Å²) in [5, 5.41) is 3.20. The predicted octanol–water partition coefficient (Wildman–Crippen LogP) is 6.80. The van der Waals surface area contributed by atoms with E-state index in [-0.39, 0.29) is 29.2 Å². The van der Waals surface area contributed by atoms with E-state index in [9.17, 15) is 9.59 Å². The zero-order valence-corrected chi connectivity index (χ0v) is 21.7. The highest BCUT2D eigenvalue weighted by atomic mass is 16.2. The second-order valence-corrected chi connectivity index (χ2v) is 11.0. The van der Waals surface area contributed by atoms with Crippen molar-refractivity contribution in [2.24, 2.45) is 11.8 Å². The van der Waals surface area contributed by atoms with Crippen LogP contribution in [0.15, 0.2) is 60.2 Å². The fourth-order valence-electron chi connectivity index (χ4n) is 5.47. The lowest BCUT2D eigenvalue weighted by atomic mass is 9.79. The first kappa shape index (κ1) is 26.0. The van der Waals surface area contributed by atoms with Crippen LogP contribution in [0.2, 0.25) is 0 Å². The van der Waals surface area contributed by atoms with E-state index in [1.165, 1.54) is 18.4 Å². The van der Waals surface area contributed by atoms with Crippen LogP contribution in [0.4, 0.5) is 5.69 Å². The maximum absolute atomic E-state index is 13.7. The van der Waals surface area contributed by atoms with E-state index in [0.29, 0.717) is 18.0 Å². The molecule has 2 amide bonds. The Bertz CT molecular complexity index is 960. The molecular weight excluding hydrogens is 420 g/mol. The Labute approximate surface area is 206 Å². The van der Waals surface area contributed by atoms with Crippen LogP contribution < -0.4 is 5.32 Å². The second-order valence-electron chi connectivity index (χ2n) is 11.0. The number of allylic oxidation sites excluding steroid dienone is 3. The molecule has 1 saturated heterocycles. The third-order valence-corrected chi connectivity index (χ3v) is 7.31. The summed E-state index contributed by atoms with van der Waals surface area (Å²) in [6.45, 7) is 15.1. The van der Waals surface area contributed by atoms with Crippen LogP contribution in [0.5, 0.6) is 0 Å². The summed E-state index contributed by atoms with van der Waals surface area (Å²) in [7, 11) is 0. The van der Waals surface area contributed by atoms with Crippen LogP contribution in [-0.4, -0.2) is 29.3 Å². The lowest BCUT2D eigenvalue weighted by Crippen LogP contribution is -2.55. The van der Waals surface area contributed by atoms with Crippen molar-refractivity contribution in [1.82, 2.24) is 4.90 Å². The summed E-state index contributed by atoms with van der Waals surface area (Å²) >= 11 is 0. The standard InChI is InChI=1S/C30H42N2O2/c1-7-8-17-25(21(2)3)29(34)32-19-12-18-26(27(32)22-13-9-10-14-22)28(33)31-24-16-11-15-23(20-24)30(4,5)6/h7-8,11,15-17,20,22,26-27H,2,9-10,12-14,18-19H2,1,3-6H3,(H,31,33)/b8-7-,25-17+/t26-,27-/m0/s1. The SMILES string of the molecule is C=C(C)/C(=C\C=C/C)C(=O)N1CCC[C@H](C(=O)Nc2cccc(C(C)(C)C)c2)[C@@H]1C1CCCC1. The minimum Gasteiger partial charge on any atom is -0.335 e. The molecule has 2 aliphatic rings. The van der Waals surface area contributed by atoms with Crippen molar-refractivity contribution < 1.29 is 9.59 Å². The minimum atomic E-state index is -0.202. The highest BCUT2D eigenvalue weighted by molar-refractivity contribution is 5.99. The van der Waals surface area contributed by atoms with Gasteiger partial charge < -0.3 is 10.2 Å². The fourth-order valence-corrected chi connectivity index (χ4v) is 5.47. The molecule has 1 N–H and O–H groups in total. The van der Waals surface area contributed by atoms with Gasteiger partial charge in [-0.3, -0.25) is 9.59 Å². The molecule has 2 fully saturated rings. The average molecular weight is 463 g/mol. The first-order valence-electron chi connectivity index (χ1n) is 12.8. The summed E-state index contributed by atoms with van der Waals surface area (Å²) in [6, 6.07) is 8.08. The van der Waals surface area contributed by atoms with E-state index in [4.69, 9.17) is 0 Å². The maximum atomic E-state index is 13.7. The van der Waals surface area contributed by atoms with Crippen molar-refractivity contribution in [2.45, 2.75) is 84.6 Å². The van der Waals surface area contributed by atoms with E-state index in [2.05, 4.69) is 44.8 Å². The molecule has 0 spiro atoms. The number of likely N-dealkylation sites (tertiary alicyclic amines) is 1. The number of piperidine rings is 1. The van der Waals surface area contributed by atoms with E-state index in [1.807, 2.05) is 49.1 Å². The zero-order valence-electron chi connectivity index (χ0n) is 21.7. The second kappa shape index (κ2) is 11.2.